The molecule has 1 N–H and O–H groups in total. The first-order valence-corrected chi connectivity index (χ1v) is 11.2. The van der Waals surface area contributed by atoms with Crippen molar-refractivity contribution in [1.29, 1.82) is 0 Å². The quantitative estimate of drug-likeness (QED) is 0.778. The van der Waals surface area contributed by atoms with Gasteiger partial charge in [-0.05, 0) is 60.2 Å². The summed E-state index contributed by atoms with van der Waals surface area (Å²) < 4.78 is 32.5. The van der Waals surface area contributed by atoms with Crippen LogP contribution >= 0.6 is 0 Å². The molecule has 1 fully saturated rings. The van der Waals surface area contributed by atoms with Crippen molar-refractivity contribution in [3.8, 4) is 0 Å². The number of methoxy groups -OCH3 is 1. The summed E-state index contributed by atoms with van der Waals surface area (Å²) in [4.78, 5) is 12.7. The van der Waals surface area contributed by atoms with Gasteiger partial charge in [-0.3, -0.25) is 4.79 Å². The predicted molar refractivity (Wildman–Crippen MR) is 113 cm³/mol. The fourth-order valence-corrected chi connectivity index (χ4v) is 5.46. The Labute approximate surface area is 172 Å². The van der Waals surface area contributed by atoms with E-state index in [2.05, 4.69) is 19.2 Å². The third kappa shape index (κ3) is 5.23. The molecule has 0 spiro atoms. The zero-order valence-electron chi connectivity index (χ0n) is 17.1. The second kappa shape index (κ2) is 9.07. The largest absolute Gasteiger partial charge is 0.380 e. The summed E-state index contributed by atoms with van der Waals surface area (Å²) in [5.41, 5.74) is 2.06. The molecule has 1 heterocycles. The summed E-state index contributed by atoms with van der Waals surface area (Å²) in [6.07, 6.45) is 1.05. The number of carbonyl (C=O) groups excluding carboxylic acids is 1. The lowest BCUT2D eigenvalue weighted by atomic mass is 9.94. The predicted octanol–water partition coefficient (Wildman–Crippen LogP) is 3.75. The van der Waals surface area contributed by atoms with Gasteiger partial charge in [0.25, 0.3) is 5.91 Å². The van der Waals surface area contributed by atoms with Gasteiger partial charge in [0, 0.05) is 31.5 Å². The molecule has 0 bridgehead atoms. The maximum atomic E-state index is 12.9. The Morgan fingerprint density at radius 3 is 2.17 bits per heavy atom. The molecule has 1 saturated heterocycles. The first-order chi connectivity index (χ1) is 13.8. The molecule has 0 aromatic heterocycles. The smallest absolute Gasteiger partial charge is 0.255 e. The second-order valence-corrected chi connectivity index (χ2v) is 9.81. The molecule has 6 nitrogen and oxygen atoms in total. The van der Waals surface area contributed by atoms with E-state index in [4.69, 9.17) is 4.74 Å². The third-order valence-corrected chi connectivity index (χ3v) is 6.96. The summed E-state index contributed by atoms with van der Waals surface area (Å²) in [6, 6.07) is 13.5. The number of amides is 1. The summed E-state index contributed by atoms with van der Waals surface area (Å²) in [6.45, 7) is 5.75. The Morgan fingerprint density at radius 1 is 1.03 bits per heavy atom. The van der Waals surface area contributed by atoms with Crippen LogP contribution in [0.2, 0.25) is 0 Å². The average Bonchev–Trinajstić information content (AvgIpc) is 2.68. The van der Waals surface area contributed by atoms with E-state index in [-0.39, 0.29) is 10.8 Å². The van der Waals surface area contributed by atoms with Crippen molar-refractivity contribution in [2.45, 2.75) is 31.8 Å². The highest BCUT2D eigenvalue weighted by atomic mass is 32.2. The van der Waals surface area contributed by atoms with Crippen LogP contribution in [0.25, 0.3) is 0 Å². The molecular weight excluding hydrogens is 388 g/mol. The molecule has 1 aliphatic heterocycles. The molecule has 156 valence electrons. The molecule has 3 rings (SSSR count). The lowest BCUT2D eigenvalue weighted by Crippen LogP contribution is -2.42. The number of sulfonamides is 1. The van der Waals surface area contributed by atoms with Crippen LogP contribution in [0.5, 0.6) is 0 Å². The summed E-state index contributed by atoms with van der Waals surface area (Å²) in [7, 11) is -1.90. The van der Waals surface area contributed by atoms with Gasteiger partial charge >= 0.3 is 0 Å². The van der Waals surface area contributed by atoms with E-state index in [1.165, 1.54) is 0 Å². The normalized spacial score (nSPS) is 20.4. The number of ether oxygens (including phenoxy) is 1. The highest BCUT2D eigenvalue weighted by Gasteiger charge is 2.31. The molecule has 29 heavy (non-hydrogen) atoms. The van der Waals surface area contributed by atoms with Crippen LogP contribution in [0.1, 0.15) is 36.2 Å². The SMILES string of the molecule is COCc1ccc(C(=O)Nc2ccc(S(=O)(=O)N3CC(C)CC(C)C3)cc2)cc1. The molecule has 1 amide bonds. The number of anilines is 1. The average molecular weight is 417 g/mol. The minimum Gasteiger partial charge on any atom is -0.380 e. The summed E-state index contributed by atoms with van der Waals surface area (Å²) in [5, 5.41) is 2.80. The Balaban J connectivity index is 1.68. The molecule has 0 aliphatic carbocycles. The molecule has 7 heteroatoms. The standard InChI is InChI=1S/C22H28N2O4S/c1-16-12-17(2)14-24(13-16)29(26,27)21-10-8-20(9-11-21)23-22(25)19-6-4-18(5-7-19)15-28-3/h4-11,16-17H,12-15H2,1-3H3,(H,23,25). The number of nitrogens with zero attached hydrogens (tertiary/aromatic N) is 1. The van der Waals surface area contributed by atoms with Crippen molar-refractivity contribution in [3.63, 3.8) is 0 Å². The van der Waals surface area contributed by atoms with Crippen molar-refractivity contribution in [1.82, 2.24) is 4.31 Å². The van der Waals surface area contributed by atoms with E-state index in [0.717, 1.165) is 12.0 Å². The third-order valence-electron chi connectivity index (χ3n) is 5.11. The van der Waals surface area contributed by atoms with Crippen molar-refractivity contribution in [3.05, 3.63) is 59.7 Å². The number of carbonyl (C=O) groups is 1. The first-order valence-electron chi connectivity index (χ1n) is 9.79. The van der Waals surface area contributed by atoms with Crippen LogP contribution in [0.15, 0.2) is 53.4 Å². The van der Waals surface area contributed by atoms with E-state index in [1.54, 1.807) is 47.8 Å². The van der Waals surface area contributed by atoms with E-state index in [9.17, 15) is 13.2 Å². The van der Waals surface area contributed by atoms with Gasteiger partial charge in [-0.1, -0.05) is 26.0 Å². The van der Waals surface area contributed by atoms with Gasteiger partial charge in [0.05, 0.1) is 11.5 Å². The molecule has 2 aromatic carbocycles. The van der Waals surface area contributed by atoms with Gasteiger partial charge in [-0.2, -0.15) is 4.31 Å². The van der Waals surface area contributed by atoms with Crippen LogP contribution in [0.4, 0.5) is 5.69 Å². The molecule has 2 atom stereocenters. The molecular formula is C22H28N2O4S. The van der Waals surface area contributed by atoms with Gasteiger partial charge in [0.2, 0.25) is 10.0 Å². The highest BCUT2D eigenvalue weighted by molar-refractivity contribution is 7.89. The Kier molecular flexibility index (Phi) is 6.72. The Bertz CT molecular complexity index is 930. The van der Waals surface area contributed by atoms with Gasteiger partial charge in [0.1, 0.15) is 0 Å². The maximum Gasteiger partial charge on any atom is 0.255 e. The monoisotopic (exact) mass is 416 g/mol. The zero-order chi connectivity index (χ0) is 21.0. The maximum absolute atomic E-state index is 12.9. The van der Waals surface area contributed by atoms with Crippen molar-refractivity contribution >= 4 is 21.6 Å². The first kappa shape index (κ1) is 21.5. The van der Waals surface area contributed by atoms with Crippen LogP contribution in [0, 0.1) is 11.8 Å². The number of piperidine rings is 1. The van der Waals surface area contributed by atoms with Crippen molar-refractivity contribution in [2.75, 3.05) is 25.5 Å². The van der Waals surface area contributed by atoms with Crippen LogP contribution in [0.3, 0.4) is 0 Å². The Hall–Kier alpha value is -2.22. The van der Waals surface area contributed by atoms with Crippen molar-refractivity contribution in [2.24, 2.45) is 11.8 Å². The minimum absolute atomic E-state index is 0.247. The fraction of sp³-hybridized carbons (Fsp3) is 0.409. The molecule has 1 aliphatic rings. The summed E-state index contributed by atoms with van der Waals surface area (Å²) >= 11 is 0. The fourth-order valence-electron chi connectivity index (χ4n) is 3.78. The molecule has 0 saturated carbocycles. The number of hydrogen-bond acceptors (Lipinski definition) is 4. The van der Waals surface area contributed by atoms with Gasteiger partial charge < -0.3 is 10.1 Å². The number of hydrogen-bond donors (Lipinski definition) is 1. The van der Waals surface area contributed by atoms with E-state index in [1.807, 2.05) is 12.1 Å². The van der Waals surface area contributed by atoms with Gasteiger partial charge in [0.15, 0.2) is 0 Å². The van der Waals surface area contributed by atoms with E-state index in [0.29, 0.717) is 42.8 Å². The van der Waals surface area contributed by atoms with Crippen LogP contribution in [-0.2, 0) is 21.4 Å². The second-order valence-electron chi connectivity index (χ2n) is 7.88. The van der Waals surface area contributed by atoms with Crippen molar-refractivity contribution < 1.29 is 17.9 Å². The molecule has 2 unspecified atom stereocenters. The van der Waals surface area contributed by atoms with Gasteiger partial charge in [-0.15, -0.1) is 0 Å². The topological polar surface area (TPSA) is 75.7 Å². The molecule has 2 aromatic rings. The lowest BCUT2D eigenvalue weighted by Gasteiger charge is -2.34. The van der Waals surface area contributed by atoms with Gasteiger partial charge in [-0.25, -0.2) is 8.42 Å². The van der Waals surface area contributed by atoms with Crippen LogP contribution in [-0.4, -0.2) is 38.8 Å². The van der Waals surface area contributed by atoms with E-state index < -0.39 is 10.0 Å². The number of rotatable bonds is 6. The van der Waals surface area contributed by atoms with E-state index >= 15 is 0 Å². The minimum atomic E-state index is -3.53. The number of benzene rings is 2. The van der Waals surface area contributed by atoms with Crippen LogP contribution < -0.4 is 5.32 Å². The number of nitrogens with one attached hydrogen (secondary N) is 1. The lowest BCUT2D eigenvalue weighted by molar-refractivity contribution is 0.102. The highest BCUT2D eigenvalue weighted by Crippen LogP contribution is 2.27. The zero-order valence-corrected chi connectivity index (χ0v) is 17.9. The Morgan fingerprint density at radius 2 is 1.62 bits per heavy atom. The molecule has 0 radical (unpaired) electrons. The summed E-state index contributed by atoms with van der Waals surface area (Å²) in [5.74, 6) is 0.452.